The van der Waals surface area contributed by atoms with E-state index >= 15 is 0 Å². The number of hydrogen-bond acceptors (Lipinski definition) is 5. The van der Waals surface area contributed by atoms with Crippen LogP contribution in [0.3, 0.4) is 0 Å². The summed E-state index contributed by atoms with van der Waals surface area (Å²) in [4.78, 5) is 37.8. The van der Waals surface area contributed by atoms with E-state index in [9.17, 15) is 9.59 Å². The fourth-order valence-electron chi connectivity index (χ4n) is 5.89. The number of nitrogens with two attached hydrogens (primary N) is 1. The third-order valence-corrected chi connectivity index (χ3v) is 7.60. The molecule has 2 atom stereocenters. The van der Waals surface area contributed by atoms with E-state index in [4.69, 9.17) is 5.73 Å². The van der Waals surface area contributed by atoms with Gasteiger partial charge in [0.25, 0.3) is 0 Å². The molecule has 2 saturated heterocycles. The van der Waals surface area contributed by atoms with Crippen LogP contribution in [0.1, 0.15) is 55.7 Å². The Morgan fingerprint density at radius 2 is 1.94 bits per heavy atom. The van der Waals surface area contributed by atoms with E-state index in [0.717, 1.165) is 73.9 Å². The van der Waals surface area contributed by atoms with Gasteiger partial charge in [-0.25, -0.2) is 9.97 Å². The zero-order chi connectivity index (χ0) is 23.1. The van der Waals surface area contributed by atoms with Crippen molar-refractivity contribution < 1.29 is 9.59 Å². The van der Waals surface area contributed by atoms with Crippen molar-refractivity contribution in [1.82, 2.24) is 24.3 Å². The lowest BCUT2D eigenvalue weighted by Crippen LogP contribution is -2.34. The normalized spacial score (nSPS) is 23.2. The second-order valence-corrected chi connectivity index (χ2v) is 9.48. The number of carbonyl (C=O) groups is 2. The predicted octanol–water partition coefficient (Wildman–Crippen LogP) is 2.86. The molecule has 2 unspecified atom stereocenters. The topological polar surface area (TPSA) is 97.3 Å². The summed E-state index contributed by atoms with van der Waals surface area (Å²) in [6, 6.07) is 0. The van der Waals surface area contributed by atoms with E-state index in [1.807, 2.05) is 16.8 Å². The maximum absolute atomic E-state index is 12.9. The molecule has 2 N–H and O–H groups in total. The van der Waals surface area contributed by atoms with Crippen molar-refractivity contribution >= 4 is 34.2 Å². The van der Waals surface area contributed by atoms with Gasteiger partial charge >= 0.3 is 0 Å². The fraction of sp³-hybridized carbons (Fsp3) is 0.520. The van der Waals surface area contributed by atoms with Crippen molar-refractivity contribution in [3.63, 3.8) is 0 Å². The highest BCUT2D eigenvalue weighted by Crippen LogP contribution is 2.43. The summed E-state index contributed by atoms with van der Waals surface area (Å²) in [5, 5.41) is 0.888. The monoisotopic (exact) mass is 448 g/mol. The summed E-state index contributed by atoms with van der Waals surface area (Å²) < 4.78 is 2.12. The van der Waals surface area contributed by atoms with Crippen LogP contribution in [0.4, 0.5) is 5.82 Å². The van der Waals surface area contributed by atoms with Crippen molar-refractivity contribution in [2.75, 3.05) is 31.9 Å². The minimum atomic E-state index is -0.0303. The first-order chi connectivity index (χ1) is 16.0. The first-order valence-electron chi connectivity index (χ1n) is 12.0. The molecule has 0 aromatic carbocycles. The molecular weight excluding hydrogens is 416 g/mol. The number of likely N-dealkylation sites (tertiary alicyclic amines) is 2. The molecule has 2 aromatic heterocycles. The summed E-state index contributed by atoms with van der Waals surface area (Å²) in [5.74, 6) is 0.999. The summed E-state index contributed by atoms with van der Waals surface area (Å²) in [6.07, 6.45) is 10.7. The van der Waals surface area contributed by atoms with Gasteiger partial charge in [0.15, 0.2) is 0 Å². The molecule has 0 saturated carbocycles. The quantitative estimate of drug-likeness (QED) is 0.726. The van der Waals surface area contributed by atoms with E-state index < -0.39 is 0 Å². The van der Waals surface area contributed by atoms with E-state index in [-0.39, 0.29) is 17.7 Å². The highest BCUT2D eigenvalue weighted by atomic mass is 16.2. The standard InChI is InChI=1S/C25H32N6O2/c1-3-19(32)31-13-10-18(14-31)22-20(21-23(26)27-15-28-24(21)29(22)2)16-6-8-17(9-7-16)25(33)30-11-4-5-12-30/h3,6,15,17-18H,1,4-5,7-14H2,2H3,(H2,26,27,28). The molecule has 2 aromatic rings. The molecule has 4 heterocycles. The Hall–Kier alpha value is -3.16. The van der Waals surface area contributed by atoms with Crippen LogP contribution in [0.25, 0.3) is 16.6 Å². The molecule has 5 rings (SSSR count). The van der Waals surface area contributed by atoms with Crippen LogP contribution < -0.4 is 5.73 Å². The lowest BCUT2D eigenvalue weighted by Gasteiger charge is -2.27. The molecule has 8 nitrogen and oxygen atoms in total. The van der Waals surface area contributed by atoms with Crippen LogP contribution in [0.5, 0.6) is 0 Å². The predicted molar refractivity (Wildman–Crippen MR) is 128 cm³/mol. The maximum Gasteiger partial charge on any atom is 0.245 e. The minimum absolute atomic E-state index is 0.0303. The Labute approximate surface area is 194 Å². The molecule has 3 aliphatic rings. The van der Waals surface area contributed by atoms with Crippen molar-refractivity contribution in [3.8, 4) is 0 Å². The van der Waals surface area contributed by atoms with Crippen molar-refractivity contribution in [1.29, 1.82) is 0 Å². The third-order valence-electron chi connectivity index (χ3n) is 7.60. The van der Waals surface area contributed by atoms with E-state index in [1.165, 1.54) is 18.0 Å². The summed E-state index contributed by atoms with van der Waals surface area (Å²) in [7, 11) is 2.02. The average molecular weight is 449 g/mol. The zero-order valence-corrected chi connectivity index (χ0v) is 19.3. The Morgan fingerprint density at radius 3 is 2.64 bits per heavy atom. The van der Waals surface area contributed by atoms with Crippen molar-refractivity contribution in [2.45, 2.75) is 44.4 Å². The number of aromatic nitrogens is 3. The number of anilines is 1. The number of aryl methyl sites for hydroxylation is 1. The number of carbonyl (C=O) groups excluding carboxylic acids is 2. The van der Waals surface area contributed by atoms with Gasteiger partial charge in [-0.2, -0.15) is 0 Å². The van der Waals surface area contributed by atoms with Gasteiger partial charge in [0.1, 0.15) is 17.8 Å². The minimum Gasteiger partial charge on any atom is -0.383 e. The second-order valence-electron chi connectivity index (χ2n) is 9.48. The lowest BCUT2D eigenvalue weighted by atomic mass is 9.83. The molecule has 2 fully saturated rings. The molecule has 174 valence electrons. The number of amides is 2. The molecule has 2 amide bonds. The van der Waals surface area contributed by atoms with Gasteiger partial charge in [-0.15, -0.1) is 0 Å². The van der Waals surface area contributed by atoms with Gasteiger partial charge in [-0.05, 0) is 50.2 Å². The molecule has 2 aliphatic heterocycles. The van der Waals surface area contributed by atoms with Crippen LogP contribution in [-0.4, -0.2) is 62.3 Å². The molecule has 0 bridgehead atoms. The Bertz CT molecular complexity index is 1140. The zero-order valence-electron chi connectivity index (χ0n) is 19.3. The van der Waals surface area contributed by atoms with Crippen LogP contribution in [-0.2, 0) is 16.6 Å². The van der Waals surface area contributed by atoms with Gasteiger partial charge in [0, 0.05) is 56.3 Å². The largest absolute Gasteiger partial charge is 0.383 e. The summed E-state index contributed by atoms with van der Waals surface area (Å²) in [6.45, 7) is 6.79. The smallest absolute Gasteiger partial charge is 0.245 e. The first-order valence-corrected chi connectivity index (χ1v) is 12.0. The maximum atomic E-state index is 12.9. The van der Waals surface area contributed by atoms with Crippen molar-refractivity contribution in [3.05, 3.63) is 36.3 Å². The summed E-state index contributed by atoms with van der Waals surface area (Å²) in [5.41, 5.74) is 10.7. The van der Waals surface area contributed by atoms with E-state index in [0.29, 0.717) is 24.8 Å². The number of nitrogens with zero attached hydrogens (tertiary/aromatic N) is 5. The van der Waals surface area contributed by atoms with Crippen LogP contribution in [0.15, 0.2) is 25.1 Å². The highest BCUT2D eigenvalue weighted by molar-refractivity contribution is 6.00. The second kappa shape index (κ2) is 8.65. The van der Waals surface area contributed by atoms with Gasteiger partial charge in [0.05, 0.1) is 5.39 Å². The Kier molecular flexibility index (Phi) is 5.68. The molecule has 1 aliphatic carbocycles. The van der Waals surface area contributed by atoms with Gasteiger partial charge in [-0.1, -0.05) is 12.7 Å². The Balaban J connectivity index is 1.51. The Morgan fingerprint density at radius 1 is 1.15 bits per heavy atom. The molecule has 8 heteroatoms. The van der Waals surface area contributed by atoms with E-state index in [1.54, 1.807) is 0 Å². The fourth-order valence-corrected chi connectivity index (χ4v) is 5.89. The third kappa shape index (κ3) is 3.71. The van der Waals surface area contributed by atoms with Crippen LogP contribution >= 0.6 is 0 Å². The molecule has 0 spiro atoms. The molecule has 33 heavy (non-hydrogen) atoms. The number of allylic oxidation sites excluding steroid dienone is 2. The van der Waals surface area contributed by atoms with Gasteiger partial charge < -0.3 is 20.1 Å². The number of nitrogen functional groups attached to an aromatic ring is 1. The van der Waals surface area contributed by atoms with Crippen LogP contribution in [0, 0.1) is 5.92 Å². The number of fused-ring (bicyclic) bond motifs is 1. The van der Waals surface area contributed by atoms with E-state index in [2.05, 4.69) is 27.2 Å². The number of rotatable bonds is 4. The SMILES string of the molecule is C=CC(=O)N1CCC(c2c(C3=CCC(C(=O)N4CCCC4)CC3)c3c(N)ncnc3n2C)C1. The first kappa shape index (κ1) is 21.7. The molecule has 0 radical (unpaired) electrons. The van der Waals surface area contributed by atoms with Crippen LogP contribution in [0.2, 0.25) is 0 Å². The highest BCUT2D eigenvalue weighted by Gasteiger charge is 2.35. The summed E-state index contributed by atoms with van der Waals surface area (Å²) >= 11 is 0. The van der Waals surface area contributed by atoms with Gasteiger partial charge in [0.2, 0.25) is 11.8 Å². The lowest BCUT2D eigenvalue weighted by molar-refractivity contribution is -0.134. The molecular formula is C25H32N6O2. The van der Waals surface area contributed by atoms with Crippen molar-refractivity contribution in [2.24, 2.45) is 13.0 Å². The average Bonchev–Trinajstić information content (AvgIpc) is 3.59. The number of hydrogen-bond donors (Lipinski definition) is 1. The van der Waals surface area contributed by atoms with Gasteiger partial charge in [-0.3, -0.25) is 9.59 Å².